The zero-order chi connectivity index (χ0) is 17.5. The normalized spacial score (nSPS) is 14.8. The van der Waals surface area contributed by atoms with E-state index < -0.39 is 0 Å². The molecule has 0 saturated heterocycles. The fourth-order valence-corrected chi connectivity index (χ4v) is 3.16. The number of nitrogens with one attached hydrogen (secondary N) is 1. The van der Waals surface area contributed by atoms with E-state index in [1.807, 2.05) is 37.3 Å². The van der Waals surface area contributed by atoms with E-state index >= 15 is 0 Å². The molecule has 1 aromatic carbocycles. The summed E-state index contributed by atoms with van der Waals surface area (Å²) in [7, 11) is 0. The van der Waals surface area contributed by atoms with Crippen LogP contribution in [0, 0.1) is 5.92 Å². The second-order valence-corrected chi connectivity index (χ2v) is 7.74. The molecule has 1 saturated carbocycles. The zero-order valence-electron chi connectivity index (χ0n) is 14.5. The summed E-state index contributed by atoms with van der Waals surface area (Å²) in [5, 5.41) is 2.89. The maximum Gasteiger partial charge on any atom is 0.233 e. The number of rotatable bonds is 9. The van der Waals surface area contributed by atoms with Gasteiger partial charge in [0, 0.05) is 24.6 Å². The molecule has 1 fully saturated rings. The van der Waals surface area contributed by atoms with Crippen LogP contribution in [0.1, 0.15) is 30.9 Å². The highest BCUT2D eigenvalue weighted by Gasteiger charge is 2.22. The second-order valence-electron chi connectivity index (χ2n) is 6.42. The molecule has 1 aliphatic carbocycles. The lowest BCUT2D eigenvalue weighted by Gasteiger charge is -2.12. The topological polar surface area (TPSA) is 51.2 Å². The Hall–Kier alpha value is -2.01. The standard InChI is InChI=1S/C20H24N2O2S/c1-15(25-14-17-5-3-2-4-6-17)20(23)22-12-18-9-10-19(21-11-18)24-13-16-7-8-16/h2-6,9-11,15-16H,7-8,12-14H2,1H3,(H,22,23). The van der Waals surface area contributed by atoms with Gasteiger partial charge in [-0.3, -0.25) is 4.79 Å². The summed E-state index contributed by atoms with van der Waals surface area (Å²) in [6, 6.07) is 14.0. The summed E-state index contributed by atoms with van der Waals surface area (Å²) >= 11 is 1.64. The monoisotopic (exact) mass is 356 g/mol. The third-order valence-corrected chi connectivity index (χ3v) is 5.35. The number of amides is 1. The Labute approximate surface area is 153 Å². The smallest absolute Gasteiger partial charge is 0.233 e. The predicted octanol–water partition coefficient (Wildman–Crippen LogP) is 3.81. The van der Waals surface area contributed by atoms with Gasteiger partial charge in [0.2, 0.25) is 11.8 Å². The molecule has 1 unspecified atom stereocenters. The molecule has 3 rings (SSSR count). The van der Waals surface area contributed by atoms with Crippen molar-refractivity contribution < 1.29 is 9.53 Å². The van der Waals surface area contributed by atoms with E-state index in [2.05, 4.69) is 22.4 Å². The van der Waals surface area contributed by atoms with Crippen molar-refractivity contribution in [3.8, 4) is 5.88 Å². The van der Waals surface area contributed by atoms with Crippen LogP contribution in [0.2, 0.25) is 0 Å². The molecular formula is C20H24N2O2S. The van der Waals surface area contributed by atoms with Crippen molar-refractivity contribution in [1.82, 2.24) is 10.3 Å². The molecule has 1 aliphatic rings. The second kappa shape index (κ2) is 8.90. The lowest BCUT2D eigenvalue weighted by atomic mass is 10.2. The quantitative estimate of drug-likeness (QED) is 0.742. The molecule has 1 aromatic heterocycles. The van der Waals surface area contributed by atoms with Crippen molar-refractivity contribution in [2.75, 3.05) is 6.61 Å². The molecule has 0 radical (unpaired) electrons. The van der Waals surface area contributed by atoms with E-state index in [0.29, 0.717) is 12.4 Å². The summed E-state index contributed by atoms with van der Waals surface area (Å²) in [5.74, 6) is 2.27. The molecule has 25 heavy (non-hydrogen) atoms. The summed E-state index contributed by atoms with van der Waals surface area (Å²) < 4.78 is 5.62. The molecule has 0 bridgehead atoms. The van der Waals surface area contributed by atoms with Gasteiger partial charge in [-0.25, -0.2) is 4.98 Å². The predicted molar refractivity (Wildman–Crippen MR) is 102 cm³/mol. The fourth-order valence-electron chi connectivity index (χ4n) is 2.29. The van der Waals surface area contributed by atoms with Crippen LogP contribution in [-0.2, 0) is 17.1 Å². The number of pyridine rings is 1. The van der Waals surface area contributed by atoms with E-state index in [-0.39, 0.29) is 11.2 Å². The Bertz CT molecular complexity index is 672. The van der Waals surface area contributed by atoms with Crippen molar-refractivity contribution in [3.05, 3.63) is 59.8 Å². The van der Waals surface area contributed by atoms with Crippen LogP contribution in [0.15, 0.2) is 48.7 Å². The van der Waals surface area contributed by atoms with Gasteiger partial charge >= 0.3 is 0 Å². The minimum Gasteiger partial charge on any atom is -0.477 e. The van der Waals surface area contributed by atoms with Gasteiger partial charge in [-0.05, 0) is 36.8 Å². The van der Waals surface area contributed by atoms with Crippen molar-refractivity contribution in [3.63, 3.8) is 0 Å². The van der Waals surface area contributed by atoms with Gasteiger partial charge in [0.25, 0.3) is 0 Å². The average molecular weight is 356 g/mol. The number of hydrogen-bond acceptors (Lipinski definition) is 4. The van der Waals surface area contributed by atoms with Gasteiger partial charge in [-0.15, -0.1) is 11.8 Å². The lowest BCUT2D eigenvalue weighted by molar-refractivity contribution is -0.120. The van der Waals surface area contributed by atoms with Gasteiger partial charge < -0.3 is 10.1 Å². The Morgan fingerprint density at radius 1 is 1.24 bits per heavy atom. The Kier molecular flexibility index (Phi) is 6.34. The highest BCUT2D eigenvalue weighted by molar-refractivity contribution is 7.99. The largest absolute Gasteiger partial charge is 0.477 e. The highest BCUT2D eigenvalue weighted by atomic mass is 32.2. The molecule has 1 heterocycles. The maximum absolute atomic E-state index is 12.2. The summed E-state index contributed by atoms with van der Waals surface area (Å²) in [4.78, 5) is 16.5. The van der Waals surface area contributed by atoms with E-state index in [9.17, 15) is 4.79 Å². The number of carbonyl (C=O) groups excluding carboxylic acids is 1. The Morgan fingerprint density at radius 3 is 2.72 bits per heavy atom. The van der Waals surface area contributed by atoms with E-state index in [0.717, 1.165) is 23.8 Å². The molecule has 2 aromatic rings. The fraction of sp³-hybridized carbons (Fsp3) is 0.400. The van der Waals surface area contributed by atoms with Crippen LogP contribution in [0.25, 0.3) is 0 Å². The molecule has 1 N–H and O–H groups in total. The van der Waals surface area contributed by atoms with Crippen LogP contribution in [0.5, 0.6) is 5.88 Å². The van der Waals surface area contributed by atoms with Crippen molar-refractivity contribution in [2.24, 2.45) is 5.92 Å². The highest BCUT2D eigenvalue weighted by Crippen LogP contribution is 2.29. The van der Waals surface area contributed by atoms with Crippen LogP contribution < -0.4 is 10.1 Å². The molecule has 132 valence electrons. The molecule has 1 atom stereocenters. The first-order valence-corrected chi connectivity index (χ1v) is 9.76. The third-order valence-electron chi connectivity index (χ3n) is 4.14. The van der Waals surface area contributed by atoms with Crippen LogP contribution >= 0.6 is 11.8 Å². The Morgan fingerprint density at radius 2 is 2.04 bits per heavy atom. The first-order chi connectivity index (χ1) is 12.2. The number of hydrogen-bond donors (Lipinski definition) is 1. The molecule has 0 aliphatic heterocycles. The number of thioether (sulfide) groups is 1. The van der Waals surface area contributed by atoms with Crippen molar-refractivity contribution >= 4 is 17.7 Å². The first-order valence-electron chi connectivity index (χ1n) is 8.71. The van der Waals surface area contributed by atoms with Gasteiger partial charge in [-0.1, -0.05) is 36.4 Å². The van der Waals surface area contributed by atoms with Gasteiger partial charge in [0.1, 0.15) is 0 Å². The van der Waals surface area contributed by atoms with Gasteiger partial charge in [0.05, 0.1) is 11.9 Å². The number of carbonyl (C=O) groups is 1. The average Bonchev–Trinajstić information content (AvgIpc) is 3.48. The molecule has 1 amide bonds. The molecular weight excluding hydrogens is 332 g/mol. The van der Waals surface area contributed by atoms with Gasteiger partial charge in [-0.2, -0.15) is 0 Å². The van der Waals surface area contributed by atoms with E-state index in [1.165, 1.54) is 18.4 Å². The SMILES string of the molecule is CC(SCc1ccccc1)C(=O)NCc1ccc(OCC2CC2)nc1. The van der Waals surface area contributed by atoms with E-state index in [4.69, 9.17) is 4.74 Å². The number of nitrogens with zero attached hydrogens (tertiary/aromatic N) is 1. The summed E-state index contributed by atoms with van der Waals surface area (Å²) in [6.45, 7) is 3.19. The van der Waals surface area contributed by atoms with Crippen LogP contribution in [0.4, 0.5) is 0 Å². The first kappa shape index (κ1) is 17.8. The zero-order valence-corrected chi connectivity index (χ0v) is 15.3. The minimum absolute atomic E-state index is 0.0509. The number of aromatic nitrogens is 1. The van der Waals surface area contributed by atoms with E-state index in [1.54, 1.807) is 18.0 Å². The third kappa shape index (κ3) is 6.09. The van der Waals surface area contributed by atoms with Crippen molar-refractivity contribution in [2.45, 2.75) is 37.3 Å². The summed E-state index contributed by atoms with van der Waals surface area (Å²) in [5.41, 5.74) is 2.21. The van der Waals surface area contributed by atoms with Crippen LogP contribution in [-0.4, -0.2) is 22.7 Å². The number of ether oxygens (including phenoxy) is 1. The summed E-state index contributed by atoms with van der Waals surface area (Å²) in [6.07, 6.45) is 4.31. The maximum atomic E-state index is 12.2. The molecule has 5 heteroatoms. The minimum atomic E-state index is -0.0886. The van der Waals surface area contributed by atoms with Crippen LogP contribution in [0.3, 0.4) is 0 Å². The number of benzene rings is 1. The van der Waals surface area contributed by atoms with Crippen molar-refractivity contribution in [1.29, 1.82) is 0 Å². The van der Waals surface area contributed by atoms with Gasteiger partial charge in [0.15, 0.2) is 0 Å². The molecule has 4 nitrogen and oxygen atoms in total. The lowest BCUT2D eigenvalue weighted by Crippen LogP contribution is -2.30. The molecule has 0 spiro atoms. The Balaban J connectivity index is 1.38.